The molecule has 41 heavy (non-hydrogen) atoms. The Bertz CT molecular complexity index is 1460. The highest BCUT2D eigenvalue weighted by atomic mass is 32.2. The Morgan fingerprint density at radius 3 is 2.22 bits per heavy atom. The summed E-state index contributed by atoms with van der Waals surface area (Å²) in [4.78, 5) is 29.1. The van der Waals surface area contributed by atoms with E-state index in [-0.39, 0.29) is 18.2 Å². The van der Waals surface area contributed by atoms with Gasteiger partial charge in [0.15, 0.2) is 5.78 Å². The maximum atomic E-state index is 14.2. The van der Waals surface area contributed by atoms with Gasteiger partial charge in [0.1, 0.15) is 0 Å². The average Bonchev–Trinajstić information content (AvgIpc) is 2.92. The van der Waals surface area contributed by atoms with Gasteiger partial charge in [-0.3, -0.25) is 9.59 Å². The summed E-state index contributed by atoms with van der Waals surface area (Å²) in [5, 5.41) is 2.16. The van der Waals surface area contributed by atoms with E-state index in [1.165, 1.54) is 6.08 Å². The van der Waals surface area contributed by atoms with E-state index in [2.05, 4.69) is 10.8 Å². The third-order valence-electron chi connectivity index (χ3n) is 7.36. The topological polar surface area (TPSA) is 110 Å². The predicted molar refractivity (Wildman–Crippen MR) is 167 cm³/mol. The van der Waals surface area contributed by atoms with Gasteiger partial charge in [0.25, 0.3) is 0 Å². The largest absolute Gasteiger partial charge is 0.341 e. The molecular formula is C33H43N3O4S. The molecule has 3 aromatic rings. The minimum absolute atomic E-state index is 0.0620. The number of nitrogens with zero attached hydrogens (tertiary/aromatic N) is 1. The molecule has 7 nitrogen and oxygen atoms in total. The van der Waals surface area contributed by atoms with Crippen LogP contribution >= 0.6 is 0 Å². The second kappa shape index (κ2) is 14.0. The summed E-state index contributed by atoms with van der Waals surface area (Å²) in [6.45, 7) is 5.64. The van der Waals surface area contributed by atoms with Crippen molar-refractivity contribution in [2.24, 2.45) is 17.6 Å². The lowest BCUT2D eigenvalue weighted by atomic mass is 9.83. The number of hydrogen-bond acceptors (Lipinski definition) is 5. The Morgan fingerprint density at radius 1 is 0.951 bits per heavy atom. The van der Waals surface area contributed by atoms with Gasteiger partial charge in [-0.15, -0.1) is 0 Å². The number of rotatable bonds is 14. The summed E-state index contributed by atoms with van der Waals surface area (Å²) >= 11 is 0. The van der Waals surface area contributed by atoms with Crippen LogP contribution in [-0.2, 0) is 32.5 Å². The van der Waals surface area contributed by atoms with Gasteiger partial charge >= 0.3 is 0 Å². The molecule has 0 bridgehead atoms. The van der Waals surface area contributed by atoms with Crippen molar-refractivity contribution in [1.82, 2.24) is 9.62 Å². The number of likely N-dealkylation sites (N-methyl/N-ethyl adjacent to an activating group) is 1. The molecule has 3 rings (SSSR count). The smallest absolute Gasteiger partial charge is 0.226 e. The van der Waals surface area contributed by atoms with E-state index in [0.717, 1.165) is 28.2 Å². The minimum Gasteiger partial charge on any atom is -0.341 e. The molecule has 3 aromatic carbocycles. The number of allylic oxidation sites excluding steroid dienone is 1. The van der Waals surface area contributed by atoms with Crippen molar-refractivity contribution in [1.29, 1.82) is 0 Å². The molecule has 220 valence electrons. The van der Waals surface area contributed by atoms with Crippen molar-refractivity contribution < 1.29 is 18.0 Å². The molecule has 0 spiro atoms. The molecule has 0 aliphatic rings. The summed E-state index contributed by atoms with van der Waals surface area (Å²) in [5.41, 5.74) is 7.57. The van der Waals surface area contributed by atoms with Gasteiger partial charge in [0.2, 0.25) is 15.9 Å². The number of benzene rings is 3. The molecule has 0 radical (unpaired) electrons. The van der Waals surface area contributed by atoms with Crippen LogP contribution in [0.1, 0.15) is 38.3 Å². The second-order valence-electron chi connectivity index (χ2n) is 11.7. The zero-order chi connectivity index (χ0) is 30.2. The van der Waals surface area contributed by atoms with Crippen molar-refractivity contribution in [3.63, 3.8) is 0 Å². The Balaban J connectivity index is 1.93. The highest BCUT2D eigenvalue weighted by molar-refractivity contribution is 7.88. The molecule has 0 heterocycles. The molecule has 0 aliphatic carbocycles. The summed E-state index contributed by atoms with van der Waals surface area (Å²) < 4.78 is 26.5. The second-order valence-corrected chi connectivity index (χ2v) is 13.5. The zero-order valence-electron chi connectivity index (χ0n) is 24.7. The molecule has 1 unspecified atom stereocenters. The van der Waals surface area contributed by atoms with Crippen LogP contribution in [0.5, 0.6) is 0 Å². The zero-order valence-corrected chi connectivity index (χ0v) is 25.5. The van der Waals surface area contributed by atoms with Crippen LogP contribution in [0.4, 0.5) is 0 Å². The Morgan fingerprint density at radius 2 is 1.59 bits per heavy atom. The van der Waals surface area contributed by atoms with Crippen LogP contribution in [-0.4, -0.2) is 56.4 Å². The first-order chi connectivity index (χ1) is 19.2. The van der Waals surface area contributed by atoms with Crippen LogP contribution in [0, 0.1) is 11.8 Å². The summed E-state index contributed by atoms with van der Waals surface area (Å²) in [7, 11) is -1.78. The van der Waals surface area contributed by atoms with E-state index >= 15 is 0 Å². The number of amides is 1. The number of nitrogens with one attached hydrogen (secondary N) is 1. The van der Waals surface area contributed by atoms with Crippen LogP contribution in [0.2, 0.25) is 0 Å². The van der Waals surface area contributed by atoms with Gasteiger partial charge in [0.05, 0.1) is 12.2 Å². The number of nitrogens with two attached hydrogens (primary N) is 1. The fourth-order valence-corrected chi connectivity index (χ4v) is 5.34. The van der Waals surface area contributed by atoms with E-state index in [9.17, 15) is 18.0 Å². The highest BCUT2D eigenvalue weighted by Crippen LogP contribution is 2.25. The summed E-state index contributed by atoms with van der Waals surface area (Å²) in [5.74, 6) is -1.60. The Labute approximate surface area is 244 Å². The van der Waals surface area contributed by atoms with E-state index in [0.29, 0.717) is 19.3 Å². The number of sulfonamides is 1. The van der Waals surface area contributed by atoms with Gasteiger partial charge in [-0.25, -0.2) is 13.1 Å². The molecule has 0 aromatic heterocycles. The van der Waals surface area contributed by atoms with Gasteiger partial charge in [-0.05, 0) is 61.1 Å². The van der Waals surface area contributed by atoms with Crippen molar-refractivity contribution >= 4 is 32.5 Å². The lowest BCUT2D eigenvalue weighted by Gasteiger charge is -2.33. The number of ketones is 1. The van der Waals surface area contributed by atoms with Gasteiger partial charge in [0, 0.05) is 31.1 Å². The molecule has 0 saturated heterocycles. The van der Waals surface area contributed by atoms with Gasteiger partial charge in [-0.2, -0.15) is 0 Å². The summed E-state index contributed by atoms with van der Waals surface area (Å²) in [6.07, 6.45) is 5.77. The molecule has 8 heteroatoms. The van der Waals surface area contributed by atoms with E-state index in [4.69, 9.17) is 5.73 Å². The predicted octanol–water partition coefficient (Wildman–Crippen LogP) is 4.51. The first-order valence-corrected chi connectivity index (χ1v) is 15.8. The van der Waals surface area contributed by atoms with Crippen molar-refractivity contribution in [2.45, 2.75) is 51.6 Å². The maximum absolute atomic E-state index is 14.2. The maximum Gasteiger partial charge on any atom is 0.226 e. The van der Waals surface area contributed by atoms with Gasteiger partial charge < -0.3 is 10.6 Å². The Kier molecular flexibility index (Phi) is 11.0. The van der Waals surface area contributed by atoms with Crippen molar-refractivity contribution in [3.05, 3.63) is 96.1 Å². The fraction of sp³-hybridized carbons (Fsp3) is 0.394. The SMILES string of the molecule is CC(C(=O)C=CCC(C)(C)N)[C@H](Cc1ccc2ccccc2c1)C(=O)N(C)[C@@H](CNS(C)(=O)=O)Cc1ccccc1. The standard InChI is InChI=1S/C33H43N3O4S/c1-24(31(37)16-11-19-33(2,3)34)30(22-26-17-18-27-14-9-10-15-28(27)20-26)32(38)36(4)29(23-35-41(5,39)40)21-25-12-7-6-8-13-25/h6-18,20,24,29-30,35H,19,21-23,34H2,1-5H3/t24?,29-,30+/m1/s1. The molecule has 3 N–H and O–H groups in total. The molecule has 0 aliphatic heterocycles. The van der Waals surface area contributed by atoms with E-state index in [1.807, 2.05) is 80.6 Å². The van der Waals surface area contributed by atoms with Gasteiger partial charge in [-0.1, -0.05) is 85.8 Å². The third-order valence-corrected chi connectivity index (χ3v) is 8.05. The highest BCUT2D eigenvalue weighted by Gasteiger charge is 2.34. The normalized spacial score (nSPS) is 14.6. The average molecular weight is 578 g/mol. The van der Waals surface area contributed by atoms with E-state index < -0.39 is 33.4 Å². The lowest BCUT2D eigenvalue weighted by molar-refractivity contribution is -0.140. The number of hydrogen-bond donors (Lipinski definition) is 2. The molecule has 0 fully saturated rings. The van der Waals surface area contributed by atoms with Crippen molar-refractivity contribution in [3.8, 4) is 0 Å². The third kappa shape index (κ3) is 10.2. The molecule has 0 saturated carbocycles. The lowest BCUT2D eigenvalue weighted by Crippen LogP contribution is -2.49. The molecule has 3 atom stereocenters. The molecule has 1 amide bonds. The minimum atomic E-state index is -3.47. The summed E-state index contributed by atoms with van der Waals surface area (Å²) in [6, 6.07) is 23.3. The van der Waals surface area contributed by atoms with Crippen LogP contribution in [0.3, 0.4) is 0 Å². The van der Waals surface area contributed by atoms with Crippen LogP contribution in [0.25, 0.3) is 10.8 Å². The Hall–Kier alpha value is -3.33. The fourth-order valence-electron chi connectivity index (χ4n) is 4.85. The van der Waals surface area contributed by atoms with Crippen LogP contribution < -0.4 is 10.5 Å². The first kappa shape index (κ1) is 32.2. The monoisotopic (exact) mass is 577 g/mol. The van der Waals surface area contributed by atoms with Crippen LogP contribution in [0.15, 0.2) is 84.9 Å². The van der Waals surface area contributed by atoms with E-state index in [1.54, 1.807) is 24.9 Å². The number of carbonyl (C=O) groups is 2. The number of carbonyl (C=O) groups excluding carboxylic acids is 2. The quantitative estimate of drug-likeness (QED) is 0.274. The first-order valence-electron chi connectivity index (χ1n) is 14.0. The van der Waals surface area contributed by atoms with Crippen molar-refractivity contribution in [2.75, 3.05) is 19.8 Å². The molecular weight excluding hydrogens is 534 g/mol. The number of fused-ring (bicyclic) bond motifs is 1.